The molecule has 2 aromatic rings. The molecule has 0 saturated carbocycles. The second-order valence-electron chi connectivity index (χ2n) is 3.36. The van der Waals surface area contributed by atoms with Crippen molar-refractivity contribution in [3.05, 3.63) is 5.01 Å². The lowest BCUT2D eigenvalue weighted by Crippen LogP contribution is -2.15. The smallest absolute Gasteiger partial charge is 0.230 e. The summed E-state index contributed by atoms with van der Waals surface area (Å²) in [7, 11) is 3.69. The number of nitrogens with two attached hydrogens (primary N) is 1. The van der Waals surface area contributed by atoms with Crippen LogP contribution in [0.2, 0.25) is 0 Å². The van der Waals surface area contributed by atoms with Crippen LogP contribution >= 0.6 is 23.1 Å². The summed E-state index contributed by atoms with van der Waals surface area (Å²) in [6, 6.07) is 0. The van der Waals surface area contributed by atoms with Crippen molar-refractivity contribution in [1.82, 2.24) is 25.1 Å². The summed E-state index contributed by atoms with van der Waals surface area (Å²) in [5.74, 6) is 0.730. The van der Waals surface area contributed by atoms with Crippen molar-refractivity contribution in [3.8, 4) is 0 Å². The van der Waals surface area contributed by atoms with E-state index in [2.05, 4.69) is 25.1 Å². The average Bonchev–Trinajstić information content (AvgIpc) is 2.63. The molecule has 0 unspecified atom stereocenters. The molecule has 0 spiro atoms. The minimum absolute atomic E-state index is 0.201. The van der Waals surface area contributed by atoms with Gasteiger partial charge in [-0.2, -0.15) is 15.0 Å². The number of hydrogen-bond acceptors (Lipinski definition) is 9. The average molecular weight is 269 g/mol. The Balaban J connectivity index is 2.26. The quantitative estimate of drug-likeness (QED) is 0.875. The second-order valence-corrected chi connectivity index (χ2v) is 5.76. The Kier molecular flexibility index (Phi) is 3.38. The number of hydrogen-bond donors (Lipinski definition) is 1. The maximum atomic E-state index is 5.62. The van der Waals surface area contributed by atoms with Gasteiger partial charge in [-0.05, 0) is 18.7 Å². The van der Waals surface area contributed by atoms with E-state index in [1.54, 1.807) is 4.90 Å². The molecule has 9 heteroatoms. The first kappa shape index (κ1) is 12.0. The molecule has 0 aliphatic heterocycles. The molecule has 7 nitrogen and oxygen atoms in total. The molecule has 2 rings (SSSR count). The third-order valence-corrected chi connectivity index (χ3v) is 3.46. The number of aromatic nitrogens is 5. The summed E-state index contributed by atoms with van der Waals surface area (Å²) in [6.45, 7) is 1.90. The standard InChI is InChI=1S/C8H11N7S2/c1-4-13-14-8(16-4)17-7-11-5(9)10-6(12-7)15(2)3/h1-3H3,(H2,9,10,11,12). The van der Waals surface area contributed by atoms with Crippen LogP contribution in [0.5, 0.6) is 0 Å². The highest BCUT2D eigenvalue weighted by Gasteiger charge is 2.10. The van der Waals surface area contributed by atoms with E-state index in [0.717, 1.165) is 9.35 Å². The molecule has 0 radical (unpaired) electrons. The molecular formula is C8H11N7S2. The summed E-state index contributed by atoms with van der Waals surface area (Å²) in [6.07, 6.45) is 0. The number of rotatable bonds is 3. The van der Waals surface area contributed by atoms with Crippen LogP contribution in [0.25, 0.3) is 0 Å². The van der Waals surface area contributed by atoms with Gasteiger partial charge in [0.25, 0.3) is 0 Å². The van der Waals surface area contributed by atoms with Crippen molar-refractivity contribution < 1.29 is 0 Å². The minimum atomic E-state index is 0.201. The van der Waals surface area contributed by atoms with Crippen LogP contribution in [0.1, 0.15) is 5.01 Å². The van der Waals surface area contributed by atoms with Crippen molar-refractivity contribution >= 4 is 35.0 Å². The Morgan fingerprint density at radius 3 is 2.53 bits per heavy atom. The van der Waals surface area contributed by atoms with E-state index in [0.29, 0.717) is 11.1 Å². The van der Waals surface area contributed by atoms with Crippen LogP contribution in [0.4, 0.5) is 11.9 Å². The normalized spacial score (nSPS) is 10.5. The molecule has 0 aliphatic rings. The van der Waals surface area contributed by atoms with Gasteiger partial charge in [-0.1, -0.05) is 11.3 Å². The zero-order valence-corrected chi connectivity index (χ0v) is 11.2. The van der Waals surface area contributed by atoms with E-state index in [1.165, 1.54) is 23.1 Å². The van der Waals surface area contributed by atoms with Crippen LogP contribution in [0.3, 0.4) is 0 Å². The fraction of sp³-hybridized carbons (Fsp3) is 0.375. The van der Waals surface area contributed by atoms with Crippen LogP contribution in [0, 0.1) is 6.92 Å². The number of nitrogens with zero attached hydrogens (tertiary/aromatic N) is 6. The Morgan fingerprint density at radius 1 is 1.18 bits per heavy atom. The van der Waals surface area contributed by atoms with Crippen molar-refractivity contribution in [2.24, 2.45) is 0 Å². The highest BCUT2D eigenvalue weighted by Crippen LogP contribution is 2.28. The maximum absolute atomic E-state index is 5.62. The topological polar surface area (TPSA) is 93.7 Å². The molecule has 2 heterocycles. The molecule has 17 heavy (non-hydrogen) atoms. The Labute approximate surface area is 107 Å². The Bertz CT molecular complexity index is 524. The zero-order valence-electron chi connectivity index (χ0n) is 9.58. The fourth-order valence-corrected chi connectivity index (χ4v) is 2.68. The number of aryl methyl sites for hydroxylation is 1. The van der Waals surface area contributed by atoms with Gasteiger partial charge in [-0.25, -0.2) is 0 Å². The van der Waals surface area contributed by atoms with E-state index < -0.39 is 0 Å². The third kappa shape index (κ3) is 3.01. The van der Waals surface area contributed by atoms with Crippen molar-refractivity contribution in [2.75, 3.05) is 24.7 Å². The van der Waals surface area contributed by atoms with E-state index in [9.17, 15) is 0 Å². The zero-order chi connectivity index (χ0) is 12.4. The molecular weight excluding hydrogens is 258 g/mol. The molecule has 90 valence electrons. The van der Waals surface area contributed by atoms with Crippen LogP contribution < -0.4 is 10.6 Å². The van der Waals surface area contributed by atoms with Gasteiger partial charge in [-0.3, -0.25) is 0 Å². The van der Waals surface area contributed by atoms with Gasteiger partial charge in [0.05, 0.1) is 0 Å². The van der Waals surface area contributed by atoms with Crippen molar-refractivity contribution in [1.29, 1.82) is 0 Å². The molecule has 0 bridgehead atoms. The van der Waals surface area contributed by atoms with E-state index in [-0.39, 0.29) is 5.95 Å². The predicted octanol–water partition coefficient (Wildman–Crippen LogP) is 0.831. The van der Waals surface area contributed by atoms with Gasteiger partial charge in [0.1, 0.15) is 5.01 Å². The monoisotopic (exact) mass is 269 g/mol. The molecule has 0 aliphatic carbocycles. The lowest BCUT2D eigenvalue weighted by Gasteiger charge is -2.10. The van der Waals surface area contributed by atoms with Crippen LogP contribution in [-0.2, 0) is 0 Å². The summed E-state index contributed by atoms with van der Waals surface area (Å²) in [5.41, 5.74) is 5.62. The van der Waals surface area contributed by atoms with E-state index >= 15 is 0 Å². The lowest BCUT2D eigenvalue weighted by molar-refractivity contribution is 0.873. The number of anilines is 2. The van der Waals surface area contributed by atoms with Crippen molar-refractivity contribution in [2.45, 2.75) is 16.4 Å². The highest BCUT2D eigenvalue weighted by atomic mass is 32.2. The lowest BCUT2D eigenvalue weighted by atomic mass is 10.8. The van der Waals surface area contributed by atoms with Crippen LogP contribution in [0.15, 0.2) is 9.50 Å². The second kappa shape index (κ2) is 4.80. The van der Waals surface area contributed by atoms with Gasteiger partial charge in [0, 0.05) is 14.1 Å². The molecule has 0 amide bonds. The predicted molar refractivity (Wildman–Crippen MR) is 67.3 cm³/mol. The maximum Gasteiger partial charge on any atom is 0.230 e. The molecule has 0 saturated heterocycles. The van der Waals surface area contributed by atoms with Gasteiger partial charge < -0.3 is 10.6 Å². The first-order valence-electron chi connectivity index (χ1n) is 4.71. The van der Waals surface area contributed by atoms with Gasteiger partial charge in [0.15, 0.2) is 4.34 Å². The summed E-state index contributed by atoms with van der Waals surface area (Å²) in [5, 5.41) is 9.35. The largest absolute Gasteiger partial charge is 0.368 e. The first-order valence-corrected chi connectivity index (χ1v) is 6.35. The Hall–Kier alpha value is -1.48. The molecule has 2 N–H and O–H groups in total. The van der Waals surface area contributed by atoms with Gasteiger partial charge in [-0.15, -0.1) is 10.2 Å². The Morgan fingerprint density at radius 2 is 1.94 bits per heavy atom. The van der Waals surface area contributed by atoms with Crippen LogP contribution in [-0.4, -0.2) is 39.2 Å². The third-order valence-electron chi connectivity index (χ3n) is 1.71. The first-order chi connectivity index (χ1) is 8.04. The van der Waals surface area contributed by atoms with Crippen molar-refractivity contribution in [3.63, 3.8) is 0 Å². The fourth-order valence-electron chi connectivity index (χ4n) is 1.00. The van der Waals surface area contributed by atoms with Gasteiger partial charge >= 0.3 is 0 Å². The SMILES string of the molecule is Cc1nnc(Sc2nc(N)nc(N(C)C)n2)s1. The van der Waals surface area contributed by atoms with Gasteiger partial charge in [0.2, 0.25) is 17.1 Å². The summed E-state index contributed by atoms with van der Waals surface area (Å²) in [4.78, 5) is 14.1. The molecule has 0 aromatic carbocycles. The number of nitrogen functional groups attached to an aromatic ring is 1. The molecule has 2 aromatic heterocycles. The summed E-state index contributed by atoms with van der Waals surface area (Å²) < 4.78 is 0.790. The minimum Gasteiger partial charge on any atom is -0.368 e. The highest BCUT2D eigenvalue weighted by molar-refractivity contribution is 8.00. The van der Waals surface area contributed by atoms with E-state index in [1.807, 2.05) is 21.0 Å². The molecule has 0 fully saturated rings. The molecule has 0 atom stereocenters. The van der Waals surface area contributed by atoms with E-state index in [4.69, 9.17) is 5.73 Å². The summed E-state index contributed by atoms with van der Waals surface area (Å²) >= 11 is 2.82.